The average Bonchev–Trinajstić information content (AvgIpc) is 2.69. The van der Waals surface area contributed by atoms with Gasteiger partial charge in [0.2, 0.25) is 0 Å². The van der Waals surface area contributed by atoms with E-state index in [1.807, 2.05) is 36.5 Å². The number of fused-ring (bicyclic) bond motifs is 1. The first-order chi connectivity index (χ1) is 13.6. The molecular formula is C23H24Cl2N2O. The molecule has 0 spiro atoms. The maximum atomic E-state index is 6.42. The second-order valence-corrected chi connectivity index (χ2v) is 8.39. The quantitative estimate of drug-likeness (QED) is 0.529. The zero-order valence-electron chi connectivity index (χ0n) is 15.9. The van der Waals surface area contributed by atoms with E-state index in [4.69, 9.17) is 27.9 Å². The Labute approximate surface area is 176 Å². The molecule has 1 aliphatic rings. The van der Waals surface area contributed by atoms with Crippen LogP contribution < -0.4 is 10.1 Å². The summed E-state index contributed by atoms with van der Waals surface area (Å²) in [6.07, 6.45) is 8.10. The average molecular weight is 415 g/mol. The molecule has 0 aliphatic heterocycles. The summed E-state index contributed by atoms with van der Waals surface area (Å²) in [5.74, 6) is 0.772. The molecule has 1 heterocycles. The molecule has 146 valence electrons. The Kier molecular flexibility index (Phi) is 6.05. The van der Waals surface area contributed by atoms with Crippen molar-refractivity contribution in [3.05, 3.63) is 70.0 Å². The normalized spacial score (nSPS) is 19.7. The van der Waals surface area contributed by atoms with Crippen molar-refractivity contribution < 1.29 is 4.74 Å². The molecule has 1 aromatic heterocycles. The Balaban J connectivity index is 1.31. The van der Waals surface area contributed by atoms with Crippen LogP contribution in [0.15, 0.2) is 48.8 Å². The Bertz CT molecular complexity index is 968. The highest BCUT2D eigenvalue weighted by Crippen LogP contribution is 2.33. The van der Waals surface area contributed by atoms with Crippen molar-refractivity contribution in [2.45, 2.75) is 51.3 Å². The standard InChI is InChI=1S/C23H24Cl2N2O/c1-15-10-19(24)3-2-17(15)14-27-20-4-6-21(7-5-20)28-23-12-16-8-9-26-13-18(16)11-22(23)25/h2-3,8-13,20-21,27H,4-7,14H2,1H3. The second-order valence-electron chi connectivity index (χ2n) is 7.55. The number of rotatable bonds is 5. The van der Waals surface area contributed by atoms with E-state index in [1.165, 1.54) is 11.1 Å². The van der Waals surface area contributed by atoms with Crippen LogP contribution in [0.3, 0.4) is 0 Å². The van der Waals surface area contributed by atoms with Gasteiger partial charge in [-0.3, -0.25) is 4.98 Å². The molecule has 0 bridgehead atoms. The third-order valence-corrected chi connectivity index (χ3v) is 6.08. The highest BCUT2D eigenvalue weighted by molar-refractivity contribution is 6.32. The lowest BCUT2D eigenvalue weighted by Gasteiger charge is -2.30. The van der Waals surface area contributed by atoms with Crippen LogP contribution in [-0.4, -0.2) is 17.1 Å². The van der Waals surface area contributed by atoms with E-state index >= 15 is 0 Å². The molecule has 0 radical (unpaired) electrons. The van der Waals surface area contributed by atoms with E-state index in [2.05, 4.69) is 23.3 Å². The molecule has 1 saturated carbocycles. The number of pyridine rings is 1. The lowest BCUT2D eigenvalue weighted by molar-refractivity contribution is 0.139. The minimum absolute atomic E-state index is 0.215. The fraction of sp³-hybridized carbons (Fsp3) is 0.348. The number of hydrogen-bond acceptors (Lipinski definition) is 3. The second kappa shape index (κ2) is 8.69. The Hall–Kier alpha value is -1.81. The van der Waals surface area contributed by atoms with Crippen molar-refractivity contribution in [1.82, 2.24) is 10.3 Å². The Morgan fingerprint density at radius 2 is 1.86 bits per heavy atom. The molecular weight excluding hydrogens is 391 g/mol. The van der Waals surface area contributed by atoms with Gasteiger partial charge in [0.25, 0.3) is 0 Å². The van der Waals surface area contributed by atoms with Crippen LogP contribution in [0.2, 0.25) is 10.0 Å². The predicted octanol–water partition coefficient (Wildman–Crippen LogP) is 6.33. The molecule has 5 heteroatoms. The van der Waals surface area contributed by atoms with Crippen molar-refractivity contribution in [3.63, 3.8) is 0 Å². The molecule has 1 aliphatic carbocycles. The van der Waals surface area contributed by atoms with Gasteiger partial charge in [-0.1, -0.05) is 29.3 Å². The molecule has 28 heavy (non-hydrogen) atoms. The number of benzene rings is 2. The molecule has 2 aromatic carbocycles. The summed E-state index contributed by atoms with van der Waals surface area (Å²) in [6, 6.07) is 12.5. The number of nitrogens with zero attached hydrogens (tertiary/aromatic N) is 1. The molecule has 1 N–H and O–H groups in total. The van der Waals surface area contributed by atoms with E-state index in [1.54, 1.807) is 6.20 Å². The van der Waals surface area contributed by atoms with E-state index in [9.17, 15) is 0 Å². The lowest BCUT2D eigenvalue weighted by atomic mass is 9.92. The van der Waals surface area contributed by atoms with Crippen LogP contribution in [-0.2, 0) is 6.54 Å². The van der Waals surface area contributed by atoms with Gasteiger partial charge in [0, 0.05) is 35.4 Å². The highest BCUT2D eigenvalue weighted by Gasteiger charge is 2.23. The molecule has 4 rings (SSSR count). The number of aromatic nitrogens is 1. The molecule has 3 aromatic rings. The highest BCUT2D eigenvalue weighted by atomic mass is 35.5. The number of ether oxygens (including phenoxy) is 1. The first-order valence-corrected chi connectivity index (χ1v) is 10.5. The summed E-state index contributed by atoms with van der Waals surface area (Å²) in [6.45, 7) is 2.99. The minimum Gasteiger partial charge on any atom is -0.489 e. The van der Waals surface area contributed by atoms with E-state index in [-0.39, 0.29) is 6.10 Å². The van der Waals surface area contributed by atoms with Crippen LogP contribution in [0.4, 0.5) is 0 Å². The number of aryl methyl sites for hydroxylation is 1. The summed E-state index contributed by atoms with van der Waals surface area (Å²) in [5, 5.41) is 7.27. The van der Waals surface area contributed by atoms with Crippen molar-refractivity contribution >= 4 is 34.0 Å². The minimum atomic E-state index is 0.215. The van der Waals surface area contributed by atoms with Gasteiger partial charge in [0.05, 0.1) is 11.1 Å². The van der Waals surface area contributed by atoms with Crippen LogP contribution in [0.5, 0.6) is 5.75 Å². The third kappa shape index (κ3) is 4.60. The molecule has 0 unspecified atom stereocenters. The van der Waals surface area contributed by atoms with Crippen LogP contribution in [0.1, 0.15) is 36.8 Å². The largest absolute Gasteiger partial charge is 0.489 e. The Morgan fingerprint density at radius 3 is 2.64 bits per heavy atom. The van der Waals surface area contributed by atoms with E-state index in [0.29, 0.717) is 11.1 Å². The van der Waals surface area contributed by atoms with Gasteiger partial charge in [0.1, 0.15) is 5.75 Å². The Morgan fingerprint density at radius 1 is 1.04 bits per heavy atom. The topological polar surface area (TPSA) is 34.1 Å². The van der Waals surface area contributed by atoms with E-state index < -0.39 is 0 Å². The molecule has 0 atom stereocenters. The predicted molar refractivity (Wildman–Crippen MR) is 116 cm³/mol. The van der Waals surface area contributed by atoms with Crippen molar-refractivity contribution in [2.24, 2.45) is 0 Å². The number of halogens is 2. The maximum absolute atomic E-state index is 6.42. The smallest absolute Gasteiger partial charge is 0.138 e. The van der Waals surface area contributed by atoms with Gasteiger partial charge in [-0.15, -0.1) is 0 Å². The van der Waals surface area contributed by atoms with Crippen molar-refractivity contribution in [1.29, 1.82) is 0 Å². The first kappa shape index (κ1) is 19.5. The third-order valence-electron chi connectivity index (χ3n) is 5.54. The molecule has 0 amide bonds. The summed E-state index contributed by atoms with van der Waals surface area (Å²) in [4.78, 5) is 4.14. The monoisotopic (exact) mass is 414 g/mol. The van der Waals surface area contributed by atoms with Gasteiger partial charge in [-0.2, -0.15) is 0 Å². The van der Waals surface area contributed by atoms with Gasteiger partial charge in [-0.05, 0) is 79.5 Å². The fourth-order valence-electron chi connectivity index (χ4n) is 3.85. The van der Waals surface area contributed by atoms with Gasteiger partial charge in [0.15, 0.2) is 0 Å². The van der Waals surface area contributed by atoms with Gasteiger partial charge in [-0.25, -0.2) is 0 Å². The van der Waals surface area contributed by atoms with Gasteiger partial charge < -0.3 is 10.1 Å². The molecule has 3 nitrogen and oxygen atoms in total. The van der Waals surface area contributed by atoms with Crippen LogP contribution in [0, 0.1) is 6.92 Å². The number of hydrogen-bond donors (Lipinski definition) is 1. The molecule has 0 saturated heterocycles. The number of nitrogens with one attached hydrogen (secondary N) is 1. The summed E-state index contributed by atoms with van der Waals surface area (Å²) >= 11 is 12.5. The zero-order valence-corrected chi connectivity index (χ0v) is 17.4. The fourth-order valence-corrected chi connectivity index (χ4v) is 4.30. The summed E-state index contributed by atoms with van der Waals surface area (Å²) < 4.78 is 6.24. The van der Waals surface area contributed by atoms with E-state index in [0.717, 1.165) is 53.8 Å². The zero-order chi connectivity index (χ0) is 19.5. The first-order valence-electron chi connectivity index (χ1n) is 9.77. The van der Waals surface area contributed by atoms with Crippen molar-refractivity contribution in [2.75, 3.05) is 0 Å². The van der Waals surface area contributed by atoms with Gasteiger partial charge >= 0.3 is 0 Å². The SMILES string of the molecule is Cc1cc(Cl)ccc1CNC1CCC(Oc2cc3ccncc3cc2Cl)CC1. The van der Waals surface area contributed by atoms with Crippen LogP contribution >= 0.6 is 23.2 Å². The molecule has 1 fully saturated rings. The maximum Gasteiger partial charge on any atom is 0.138 e. The van der Waals surface area contributed by atoms with Crippen molar-refractivity contribution in [3.8, 4) is 5.75 Å². The summed E-state index contributed by atoms with van der Waals surface area (Å²) in [7, 11) is 0. The van der Waals surface area contributed by atoms with Crippen LogP contribution in [0.25, 0.3) is 10.8 Å². The summed E-state index contributed by atoms with van der Waals surface area (Å²) in [5.41, 5.74) is 2.54. The lowest BCUT2D eigenvalue weighted by Crippen LogP contribution is -2.36.